The van der Waals surface area contributed by atoms with Crippen LogP contribution in [0.15, 0.2) is 16.8 Å². The first-order chi connectivity index (χ1) is 7.98. The normalized spacial score (nSPS) is 13.8. The van der Waals surface area contributed by atoms with E-state index in [9.17, 15) is 9.59 Å². The molecule has 0 saturated heterocycles. The van der Waals surface area contributed by atoms with Crippen LogP contribution >= 0.6 is 11.3 Å². The molecule has 2 amide bonds. The van der Waals surface area contributed by atoms with E-state index in [0.29, 0.717) is 18.5 Å². The topological polar surface area (TPSA) is 78.4 Å². The molecule has 1 atom stereocenters. The van der Waals surface area contributed by atoms with Gasteiger partial charge in [-0.1, -0.05) is 13.3 Å². The molecule has 6 heteroatoms. The van der Waals surface area contributed by atoms with Crippen LogP contribution < -0.4 is 10.6 Å². The number of rotatable bonds is 5. The van der Waals surface area contributed by atoms with E-state index < -0.39 is 17.5 Å². The first-order valence-corrected chi connectivity index (χ1v) is 6.27. The molecule has 0 bridgehead atoms. The summed E-state index contributed by atoms with van der Waals surface area (Å²) in [5.41, 5.74) is -0.564. The Morgan fingerprint density at radius 3 is 2.71 bits per heavy atom. The molecule has 1 unspecified atom stereocenters. The summed E-state index contributed by atoms with van der Waals surface area (Å²) in [6.07, 6.45) is 1.07. The molecule has 0 fully saturated rings. The molecule has 0 spiro atoms. The average Bonchev–Trinajstić information content (AvgIpc) is 2.70. The minimum Gasteiger partial charge on any atom is -0.480 e. The molecule has 0 aromatic carbocycles. The lowest BCUT2D eigenvalue weighted by atomic mass is 9.97. The summed E-state index contributed by atoms with van der Waals surface area (Å²) >= 11 is 1.46. The van der Waals surface area contributed by atoms with Crippen LogP contribution in [0.2, 0.25) is 0 Å². The Hall–Kier alpha value is -1.56. The van der Waals surface area contributed by atoms with Crippen LogP contribution in [0.4, 0.5) is 10.5 Å². The standard InChI is InChI=1S/C11H16N2O3S/c1-3-5-11(2,9(14)15)13-10(16)12-8-4-6-17-7-8/h4,6-7H,3,5H2,1-2H3,(H,14,15)(H2,12,13,16). The van der Waals surface area contributed by atoms with E-state index in [1.807, 2.05) is 12.3 Å². The van der Waals surface area contributed by atoms with E-state index in [1.165, 1.54) is 18.3 Å². The van der Waals surface area contributed by atoms with Crippen LogP contribution in [-0.2, 0) is 4.79 Å². The van der Waals surface area contributed by atoms with Crippen molar-refractivity contribution in [2.75, 3.05) is 5.32 Å². The van der Waals surface area contributed by atoms with E-state index in [2.05, 4.69) is 10.6 Å². The zero-order valence-electron chi connectivity index (χ0n) is 9.82. The van der Waals surface area contributed by atoms with Gasteiger partial charge in [-0.3, -0.25) is 0 Å². The molecular formula is C11H16N2O3S. The van der Waals surface area contributed by atoms with E-state index in [4.69, 9.17) is 5.11 Å². The van der Waals surface area contributed by atoms with Crippen molar-refractivity contribution in [2.24, 2.45) is 0 Å². The number of carboxylic acid groups (broad SMARTS) is 1. The van der Waals surface area contributed by atoms with Crippen LogP contribution in [-0.4, -0.2) is 22.6 Å². The van der Waals surface area contributed by atoms with E-state index >= 15 is 0 Å². The summed E-state index contributed by atoms with van der Waals surface area (Å²) in [6, 6.07) is 1.25. The smallest absolute Gasteiger partial charge is 0.329 e. The second-order valence-electron chi connectivity index (χ2n) is 3.98. The molecule has 0 radical (unpaired) electrons. The SMILES string of the molecule is CCCC(C)(NC(=O)Nc1ccsc1)C(=O)O. The third-order valence-electron chi connectivity index (χ3n) is 2.39. The maximum atomic E-state index is 11.6. The first kappa shape index (κ1) is 13.5. The molecule has 0 aliphatic heterocycles. The number of urea groups is 1. The van der Waals surface area contributed by atoms with Gasteiger partial charge in [0.05, 0.1) is 5.69 Å². The number of hydrogen-bond acceptors (Lipinski definition) is 3. The molecule has 0 saturated carbocycles. The summed E-state index contributed by atoms with van der Waals surface area (Å²) in [6.45, 7) is 3.38. The maximum absolute atomic E-state index is 11.6. The molecule has 0 aliphatic rings. The summed E-state index contributed by atoms with van der Waals surface area (Å²) in [4.78, 5) is 22.7. The van der Waals surface area contributed by atoms with Gasteiger partial charge in [0.1, 0.15) is 5.54 Å². The number of anilines is 1. The zero-order valence-corrected chi connectivity index (χ0v) is 10.6. The predicted octanol–water partition coefficient (Wildman–Crippen LogP) is 2.51. The van der Waals surface area contributed by atoms with Gasteiger partial charge >= 0.3 is 12.0 Å². The van der Waals surface area contributed by atoms with Gasteiger partial charge in [0.2, 0.25) is 0 Å². The Morgan fingerprint density at radius 2 is 2.24 bits per heavy atom. The Labute approximate surface area is 104 Å². The molecule has 5 nitrogen and oxygen atoms in total. The van der Waals surface area contributed by atoms with Crippen LogP contribution in [0.3, 0.4) is 0 Å². The van der Waals surface area contributed by atoms with E-state index in [1.54, 1.807) is 11.4 Å². The van der Waals surface area contributed by atoms with Crippen LogP contribution in [0, 0.1) is 0 Å². The summed E-state index contributed by atoms with van der Waals surface area (Å²) in [5.74, 6) is -1.03. The van der Waals surface area contributed by atoms with Crippen molar-refractivity contribution >= 4 is 29.0 Å². The monoisotopic (exact) mass is 256 g/mol. The third kappa shape index (κ3) is 3.74. The highest BCUT2D eigenvalue weighted by molar-refractivity contribution is 7.08. The molecule has 94 valence electrons. The molecule has 1 rings (SSSR count). The molecule has 1 heterocycles. The molecule has 0 aliphatic carbocycles. The summed E-state index contributed by atoms with van der Waals surface area (Å²) in [5, 5.41) is 17.8. The molecule has 3 N–H and O–H groups in total. The lowest BCUT2D eigenvalue weighted by molar-refractivity contribution is -0.143. The third-order valence-corrected chi connectivity index (χ3v) is 3.07. The van der Waals surface area contributed by atoms with Gasteiger partial charge in [0.25, 0.3) is 0 Å². The number of carbonyl (C=O) groups is 2. The van der Waals surface area contributed by atoms with E-state index in [-0.39, 0.29) is 0 Å². The molecule has 17 heavy (non-hydrogen) atoms. The minimum atomic E-state index is -1.23. The Balaban J connectivity index is 2.61. The first-order valence-electron chi connectivity index (χ1n) is 5.32. The number of amides is 2. The number of thiophene rings is 1. The number of carbonyl (C=O) groups excluding carboxylic acids is 1. The molecular weight excluding hydrogens is 240 g/mol. The highest BCUT2D eigenvalue weighted by atomic mass is 32.1. The Kier molecular flexibility index (Phi) is 4.51. The van der Waals surface area contributed by atoms with Gasteiger partial charge in [-0.15, -0.1) is 0 Å². The van der Waals surface area contributed by atoms with Gasteiger partial charge in [0.15, 0.2) is 0 Å². The summed E-state index contributed by atoms with van der Waals surface area (Å²) < 4.78 is 0. The fourth-order valence-corrected chi connectivity index (χ4v) is 2.06. The van der Waals surface area contributed by atoms with E-state index in [0.717, 1.165) is 0 Å². The van der Waals surface area contributed by atoms with Gasteiger partial charge in [-0.2, -0.15) is 11.3 Å². The van der Waals surface area contributed by atoms with Crippen molar-refractivity contribution in [1.29, 1.82) is 0 Å². The van der Waals surface area contributed by atoms with Crippen molar-refractivity contribution in [3.05, 3.63) is 16.8 Å². The van der Waals surface area contributed by atoms with Crippen molar-refractivity contribution in [3.63, 3.8) is 0 Å². The highest BCUT2D eigenvalue weighted by Gasteiger charge is 2.33. The van der Waals surface area contributed by atoms with Gasteiger partial charge in [-0.05, 0) is 24.8 Å². The van der Waals surface area contributed by atoms with Crippen LogP contribution in [0.5, 0.6) is 0 Å². The average molecular weight is 256 g/mol. The highest BCUT2D eigenvalue weighted by Crippen LogP contribution is 2.15. The van der Waals surface area contributed by atoms with Gasteiger partial charge in [-0.25, -0.2) is 9.59 Å². The second kappa shape index (κ2) is 5.67. The summed E-state index contributed by atoms with van der Waals surface area (Å²) in [7, 11) is 0. The van der Waals surface area contributed by atoms with Crippen LogP contribution in [0.1, 0.15) is 26.7 Å². The van der Waals surface area contributed by atoms with Crippen molar-refractivity contribution in [2.45, 2.75) is 32.2 Å². The fourth-order valence-electron chi connectivity index (χ4n) is 1.47. The Bertz CT molecular complexity index is 391. The molecule has 1 aromatic heterocycles. The molecule has 1 aromatic rings. The van der Waals surface area contributed by atoms with Crippen molar-refractivity contribution < 1.29 is 14.7 Å². The quantitative estimate of drug-likeness (QED) is 0.757. The lowest BCUT2D eigenvalue weighted by Gasteiger charge is -2.25. The Morgan fingerprint density at radius 1 is 1.53 bits per heavy atom. The van der Waals surface area contributed by atoms with Crippen molar-refractivity contribution in [1.82, 2.24) is 5.32 Å². The fraction of sp³-hybridized carbons (Fsp3) is 0.455. The zero-order chi connectivity index (χ0) is 12.9. The van der Waals surface area contributed by atoms with Crippen LogP contribution in [0.25, 0.3) is 0 Å². The maximum Gasteiger partial charge on any atom is 0.329 e. The minimum absolute atomic E-state index is 0.388. The number of carboxylic acids is 1. The number of aliphatic carboxylic acids is 1. The van der Waals surface area contributed by atoms with Gasteiger partial charge < -0.3 is 15.7 Å². The largest absolute Gasteiger partial charge is 0.480 e. The number of hydrogen-bond donors (Lipinski definition) is 3. The number of nitrogens with one attached hydrogen (secondary N) is 2. The lowest BCUT2D eigenvalue weighted by Crippen LogP contribution is -2.53. The second-order valence-corrected chi connectivity index (χ2v) is 4.76. The van der Waals surface area contributed by atoms with Crippen molar-refractivity contribution in [3.8, 4) is 0 Å². The van der Waals surface area contributed by atoms with Gasteiger partial charge in [0, 0.05) is 5.38 Å². The predicted molar refractivity (Wildman–Crippen MR) is 67.4 cm³/mol.